The minimum Gasteiger partial charge on any atom is -0.445 e. The van der Waals surface area contributed by atoms with Crippen molar-refractivity contribution in [1.82, 2.24) is 9.88 Å². The van der Waals surface area contributed by atoms with E-state index in [0.29, 0.717) is 18.1 Å². The van der Waals surface area contributed by atoms with E-state index in [9.17, 15) is 9.59 Å². The van der Waals surface area contributed by atoms with Gasteiger partial charge in [-0.25, -0.2) is 9.78 Å². The molecule has 2 amide bonds. The molecular formula is C24H21N3O3S. The molecule has 0 saturated carbocycles. The Morgan fingerprint density at radius 1 is 1.06 bits per heavy atom. The summed E-state index contributed by atoms with van der Waals surface area (Å²) in [5.41, 5.74) is 1.77. The molecule has 7 heteroatoms. The smallest absolute Gasteiger partial charge is 0.410 e. The zero-order valence-corrected chi connectivity index (χ0v) is 17.6. The number of nitrogens with zero attached hydrogens (tertiary/aromatic N) is 2. The Morgan fingerprint density at radius 3 is 2.61 bits per heavy atom. The predicted molar refractivity (Wildman–Crippen MR) is 122 cm³/mol. The van der Waals surface area contributed by atoms with E-state index in [1.54, 1.807) is 0 Å². The summed E-state index contributed by atoms with van der Waals surface area (Å²) in [6, 6.07) is 21.2. The molecule has 1 aliphatic heterocycles. The van der Waals surface area contributed by atoms with Crippen molar-refractivity contribution in [1.29, 1.82) is 0 Å². The average Bonchev–Trinajstić information content (AvgIpc) is 3.43. The van der Waals surface area contributed by atoms with Crippen LogP contribution in [0.1, 0.15) is 18.4 Å². The molecule has 31 heavy (non-hydrogen) atoms. The van der Waals surface area contributed by atoms with Crippen LogP contribution in [0, 0.1) is 0 Å². The third kappa shape index (κ3) is 4.09. The molecule has 0 spiro atoms. The van der Waals surface area contributed by atoms with Crippen molar-refractivity contribution in [3.63, 3.8) is 0 Å². The van der Waals surface area contributed by atoms with Crippen LogP contribution in [-0.2, 0) is 16.1 Å². The number of anilines is 1. The molecule has 1 saturated heterocycles. The van der Waals surface area contributed by atoms with Crippen molar-refractivity contribution >= 4 is 49.5 Å². The molecule has 1 N–H and O–H groups in total. The van der Waals surface area contributed by atoms with Crippen LogP contribution < -0.4 is 5.32 Å². The number of hydrogen-bond donors (Lipinski definition) is 1. The van der Waals surface area contributed by atoms with Gasteiger partial charge in [-0.1, -0.05) is 65.9 Å². The van der Waals surface area contributed by atoms with Gasteiger partial charge >= 0.3 is 6.09 Å². The standard InChI is InChI=1S/C24H21N3O3S/c28-22(20-11-6-12-27(20)24(29)30-15-16-7-2-1-3-8-16)26-23-25-19-13-17-9-4-5-10-18(17)14-21(19)31-23/h1-5,7-10,13-14,20H,6,11-12,15H2,(H,25,26,28)/t20-/m0/s1. The first-order valence-electron chi connectivity index (χ1n) is 10.2. The predicted octanol–water partition coefficient (Wildman–Crippen LogP) is 5.19. The van der Waals surface area contributed by atoms with Crippen LogP contribution in [-0.4, -0.2) is 34.5 Å². The highest BCUT2D eigenvalue weighted by atomic mass is 32.1. The lowest BCUT2D eigenvalue weighted by Gasteiger charge is -2.22. The first-order chi connectivity index (χ1) is 15.2. The summed E-state index contributed by atoms with van der Waals surface area (Å²) in [5.74, 6) is -0.224. The van der Waals surface area contributed by atoms with E-state index >= 15 is 0 Å². The number of ether oxygens (including phenoxy) is 1. The van der Waals surface area contributed by atoms with Crippen LogP contribution in [0.15, 0.2) is 66.7 Å². The fraction of sp³-hybridized carbons (Fsp3) is 0.208. The number of amides is 2. The van der Waals surface area contributed by atoms with Crippen LogP contribution in [0.3, 0.4) is 0 Å². The summed E-state index contributed by atoms with van der Waals surface area (Å²) < 4.78 is 6.44. The number of carbonyl (C=O) groups is 2. The van der Waals surface area contributed by atoms with Crippen molar-refractivity contribution in [3.05, 3.63) is 72.3 Å². The van der Waals surface area contributed by atoms with E-state index < -0.39 is 12.1 Å². The molecule has 1 aromatic heterocycles. The molecule has 0 aliphatic carbocycles. The number of benzene rings is 3. The van der Waals surface area contributed by atoms with Crippen LogP contribution in [0.2, 0.25) is 0 Å². The first-order valence-corrected chi connectivity index (χ1v) is 11.1. The maximum Gasteiger partial charge on any atom is 0.410 e. The number of aromatic nitrogens is 1. The molecule has 1 atom stereocenters. The zero-order chi connectivity index (χ0) is 21.2. The first kappa shape index (κ1) is 19.5. The van der Waals surface area contributed by atoms with E-state index in [1.807, 2.05) is 54.6 Å². The van der Waals surface area contributed by atoms with Crippen LogP contribution in [0.25, 0.3) is 21.0 Å². The molecule has 1 aliphatic rings. The van der Waals surface area contributed by atoms with Gasteiger partial charge in [-0.3, -0.25) is 9.69 Å². The quantitative estimate of drug-likeness (QED) is 0.483. The van der Waals surface area contributed by atoms with Crippen molar-refractivity contribution in [2.45, 2.75) is 25.5 Å². The molecule has 1 fully saturated rings. The van der Waals surface area contributed by atoms with Gasteiger partial charge in [0.2, 0.25) is 5.91 Å². The molecule has 2 heterocycles. The van der Waals surface area contributed by atoms with E-state index in [4.69, 9.17) is 4.74 Å². The van der Waals surface area contributed by atoms with Gasteiger partial charge in [0.15, 0.2) is 5.13 Å². The number of nitrogens with one attached hydrogen (secondary N) is 1. The lowest BCUT2D eigenvalue weighted by molar-refractivity contribution is -0.120. The van der Waals surface area contributed by atoms with Crippen LogP contribution in [0.5, 0.6) is 0 Å². The topological polar surface area (TPSA) is 71.5 Å². The fourth-order valence-electron chi connectivity index (χ4n) is 3.92. The number of thiazole rings is 1. The highest BCUT2D eigenvalue weighted by molar-refractivity contribution is 7.22. The highest BCUT2D eigenvalue weighted by Crippen LogP contribution is 2.30. The van der Waals surface area contributed by atoms with Gasteiger partial charge < -0.3 is 10.1 Å². The van der Waals surface area contributed by atoms with Gasteiger partial charge in [0, 0.05) is 6.54 Å². The van der Waals surface area contributed by atoms with Gasteiger partial charge in [-0.15, -0.1) is 0 Å². The second-order valence-electron chi connectivity index (χ2n) is 7.57. The Balaban J connectivity index is 1.27. The molecule has 0 bridgehead atoms. The fourth-order valence-corrected chi connectivity index (χ4v) is 4.81. The number of likely N-dealkylation sites (tertiary alicyclic amines) is 1. The normalized spacial score (nSPS) is 16.0. The Labute approximate surface area is 183 Å². The number of hydrogen-bond acceptors (Lipinski definition) is 5. The monoisotopic (exact) mass is 431 g/mol. The van der Waals surface area contributed by atoms with Gasteiger partial charge in [0.1, 0.15) is 12.6 Å². The number of fused-ring (bicyclic) bond motifs is 2. The Hall–Kier alpha value is -3.45. The second kappa shape index (κ2) is 8.35. The Bertz CT molecular complexity index is 1200. The third-order valence-electron chi connectivity index (χ3n) is 5.48. The Morgan fingerprint density at radius 2 is 1.81 bits per heavy atom. The molecule has 0 unspecified atom stereocenters. The second-order valence-corrected chi connectivity index (χ2v) is 8.60. The van der Waals surface area contributed by atoms with E-state index in [-0.39, 0.29) is 12.5 Å². The summed E-state index contributed by atoms with van der Waals surface area (Å²) in [5, 5.41) is 5.70. The van der Waals surface area contributed by atoms with Gasteiger partial charge in [-0.2, -0.15) is 0 Å². The van der Waals surface area contributed by atoms with Gasteiger partial charge in [-0.05, 0) is 41.3 Å². The number of carbonyl (C=O) groups excluding carboxylic acids is 2. The lowest BCUT2D eigenvalue weighted by Crippen LogP contribution is -2.43. The van der Waals surface area contributed by atoms with E-state index in [1.165, 1.54) is 16.2 Å². The van der Waals surface area contributed by atoms with Gasteiger partial charge in [0.25, 0.3) is 0 Å². The summed E-state index contributed by atoms with van der Waals surface area (Å²) in [4.78, 5) is 31.6. The van der Waals surface area contributed by atoms with E-state index in [2.05, 4.69) is 22.4 Å². The molecule has 156 valence electrons. The van der Waals surface area contributed by atoms with Crippen molar-refractivity contribution in [2.75, 3.05) is 11.9 Å². The van der Waals surface area contributed by atoms with Crippen molar-refractivity contribution in [3.8, 4) is 0 Å². The van der Waals surface area contributed by atoms with Crippen LogP contribution in [0.4, 0.5) is 9.93 Å². The summed E-state index contributed by atoms with van der Waals surface area (Å²) in [7, 11) is 0. The van der Waals surface area contributed by atoms with Crippen LogP contribution >= 0.6 is 11.3 Å². The summed E-state index contributed by atoms with van der Waals surface area (Å²) >= 11 is 1.44. The summed E-state index contributed by atoms with van der Waals surface area (Å²) in [6.45, 7) is 0.701. The van der Waals surface area contributed by atoms with Crippen molar-refractivity contribution in [2.24, 2.45) is 0 Å². The molecule has 3 aromatic carbocycles. The SMILES string of the molecule is O=C(Nc1nc2cc3ccccc3cc2s1)[C@@H]1CCCN1C(=O)OCc1ccccc1. The molecule has 4 aromatic rings. The van der Waals surface area contributed by atoms with E-state index in [0.717, 1.165) is 33.0 Å². The third-order valence-corrected chi connectivity index (χ3v) is 6.41. The molecular weight excluding hydrogens is 410 g/mol. The highest BCUT2D eigenvalue weighted by Gasteiger charge is 2.35. The minimum absolute atomic E-state index is 0.190. The molecule has 0 radical (unpaired) electrons. The molecule has 6 nitrogen and oxygen atoms in total. The average molecular weight is 432 g/mol. The molecule has 5 rings (SSSR count). The van der Waals surface area contributed by atoms with Gasteiger partial charge in [0.05, 0.1) is 10.2 Å². The van der Waals surface area contributed by atoms with Crippen molar-refractivity contribution < 1.29 is 14.3 Å². The summed E-state index contributed by atoms with van der Waals surface area (Å²) in [6.07, 6.45) is 0.919. The number of rotatable bonds is 4. The zero-order valence-electron chi connectivity index (χ0n) is 16.8. The maximum absolute atomic E-state index is 12.9. The Kier molecular flexibility index (Phi) is 5.26. The minimum atomic E-state index is -0.547. The largest absolute Gasteiger partial charge is 0.445 e. The lowest BCUT2D eigenvalue weighted by atomic mass is 10.1. The maximum atomic E-state index is 12.9.